The molecule has 1 aromatic carbocycles. The fourth-order valence-electron chi connectivity index (χ4n) is 2.14. The molecule has 0 saturated carbocycles. The van der Waals surface area contributed by atoms with E-state index < -0.39 is 0 Å². The molecule has 3 heteroatoms. The molecule has 0 aliphatic carbocycles. The Hall–Kier alpha value is -0.380. The molecule has 2 nitrogen and oxygen atoms in total. The smallest absolute Gasteiger partial charge is 0.0865 e. The van der Waals surface area contributed by atoms with Crippen LogP contribution in [-0.2, 0) is 4.74 Å². The predicted molar refractivity (Wildman–Crippen MR) is 64.6 cm³/mol. The van der Waals surface area contributed by atoms with Crippen molar-refractivity contribution < 1.29 is 4.74 Å². The summed E-state index contributed by atoms with van der Waals surface area (Å²) in [6, 6.07) is 8.32. The lowest BCUT2D eigenvalue weighted by atomic mass is 9.90. The third-order valence-electron chi connectivity index (χ3n) is 2.92. The first kappa shape index (κ1) is 11.1. The van der Waals surface area contributed by atoms with E-state index in [-0.39, 0.29) is 6.10 Å². The van der Waals surface area contributed by atoms with Gasteiger partial charge < -0.3 is 10.5 Å². The average Bonchev–Trinajstić information content (AvgIpc) is 2.29. The highest BCUT2D eigenvalue weighted by molar-refractivity contribution is 9.10. The number of hydrogen-bond acceptors (Lipinski definition) is 2. The Labute approximate surface area is 98.9 Å². The zero-order valence-corrected chi connectivity index (χ0v) is 10.2. The van der Waals surface area contributed by atoms with E-state index in [0.29, 0.717) is 12.5 Å². The summed E-state index contributed by atoms with van der Waals surface area (Å²) < 4.78 is 6.92. The highest BCUT2D eigenvalue weighted by Crippen LogP contribution is 2.33. The van der Waals surface area contributed by atoms with Gasteiger partial charge in [0.1, 0.15) is 0 Å². The van der Waals surface area contributed by atoms with E-state index >= 15 is 0 Å². The maximum Gasteiger partial charge on any atom is 0.0865 e. The lowest BCUT2D eigenvalue weighted by molar-refractivity contribution is -0.0251. The van der Waals surface area contributed by atoms with Gasteiger partial charge >= 0.3 is 0 Å². The highest BCUT2D eigenvalue weighted by Gasteiger charge is 2.26. The number of ether oxygens (including phenoxy) is 1. The van der Waals surface area contributed by atoms with E-state index in [2.05, 4.69) is 28.1 Å². The number of halogens is 1. The molecule has 0 spiro atoms. The fraction of sp³-hybridized carbons (Fsp3) is 0.500. The van der Waals surface area contributed by atoms with Crippen LogP contribution in [-0.4, -0.2) is 13.2 Å². The van der Waals surface area contributed by atoms with Crippen molar-refractivity contribution in [3.8, 4) is 0 Å². The summed E-state index contributed by atoms with van der Waals surface area (Å²) in [4.78, 5) is 0. The van der Waals surface area contributed by atoms with Crippen molar-refractivity contribution in [2.75, 3.05) is 13.2 Å². The van der Waals surface area contributed by atoms with Gasteiger partial charge in [0.15, 0.2) is 0 Å². The summed E-state index contributed by atoms with van der Waals surface area (Å²) in [5, 5.41) is 0. The Balaban J connectivity index is 2.20. The fourth-order valence-corrected chi connectivity index (χ4v) is 2.55. The van der Waals surface area contributed by atoms with Crippen LogP contribution >= 0.6 is 15.9 Å². The molecule has 1 aromatic rings. The van der Waals surface area contributed by atoms with Crippen LogP contribution in [0.5, 0.6) is 0 Å². The molecule has 1 aliphatic rings. The minimum atomic E-state index is 0.182. The first-order valence-corrected chi connectivity index (χ1v) is 6.17. The molecule has 2 unspecified atom stereocenters. The van der Waals surface area contributed by atoms with Crippen LogP contribution in [0.15, 0.2) is 28.7 Å². The second-order valence-corrected chi connectivity index (χ2v) is 4.90. The van der Waals surface area contributed by atoms with E-state index in [4.69, 9.17) is 10.5 Å². The molecule has 1 fully saturated rings. The van der Waals surface area contributed by atoms with Crippen molar-refractivity contribution in [2.45, 2.75) is 18.9 Å². The molecule has 2 N–H and O–H groups in total. The Kier molecular flexibility index (Phi) is 3.78. The van der Waals surface area contributed by atoms with Gasteiger partial charge in [-0.05, 0) is 37.1 Å². The molecule has 1 heterocycles. The Morgan fingerprint density at radius 1 is 1.47 bits per heavy atom. The zero-order chi connectivity index (χ0) is 10.7. The highest BCUT2D eigenvalue weighted by atomic mass is 79.9. The van der Waals surface area contributed by atoms with Crippen molar-refractivity contribution in [1.82, 2.24) is 0 Å². The molecular weight excluding hydrogens is 254 g/mol. The van der Waals surface area contributed by atoms with Crippen LogP contribution in [0.3, 0.4) is 0 Å². The van der Waals surface area contributed by atoms with Crippen molar-refractivity contribution >= 4 is 15.9 Å². The van der Waals surface area contributed by atoms with E-state index in [1.54, 1.807) is 0 Å². The van der Waals surface area contributed by atoms with Crippen LogP contribution in [0, 0.1) is 5.92 Å². The minimum absolute atomic E-state index is 0.182. The van der Waals surface area contributed by atoms with Gasteiger partial charge in [-0.25, -0.2) is 0 Å². The van der Waals surface area contributed by atoms with Gasteiger partial charge in [0, 0.05) is 17.0 Å². The molecule has 0 bridgehead atoms. The molecule has 1 saturated heterocycles. The van der Waals surface area contributed by atoms with Gasteiger partial charge in [-0.3, -0.25) is 0 Å². The molecule has 0 amide bonds. The topological polar surface area (TPSA) is 35.2 Å². The van der Waals surface area contributed by atoms with E-state index in [1.165, 1.54) is 12.0 Å². The van der Waals surface area contributed by atoms with Crippen molar-refractivity contribution in [1.29, 1.82) is 0 Å². The van der Waals surface area contributed by atoms with Gasteiger partial charge in [0.2, 0.25) is 0 Å². The number of nitrogens with two attached hydrogens (primary N) is 1. The van der Waals surface area contributed by atoms with Crippen molar-refractivity contribution in [3.63, 3.8) is 0 Å². The Morgan fingerprint density at radius 3 is 3.07 bits per heavy atom. The summed E-state index contributed by atoms with van der Waals surface area (Å²) in [6.07, 6.45) is 2.49. The molecule has 0 radical (unpaired) electrons. The van der Waals surface area contributed by atoms with Crippen molar-refractivity contribution in [3.05, 3.63) is 34.3 Å². The third kappa shape index (κ3) is 2.60. The lowest BCUT2D eigenvalue weighted by Gasteiger charge is -2.31. The van der Waals surface area contributed by atoms with Crippen LogP contribution < -0.4 is 5.73 Å². The van der Waals surface area contributed by atoms with Crippen LogP contribution in [0.2, 0.25) is 0 Å². The number of rotatable bonds is 2. The zero-order valence-electron chi connectivity index (χ0n) is 8.66. The summed E-state index contributed by atoms with van der Waals surface area (Å²) >= 11 is 3.48. The van der Waals surface area contributed by atoms with E-state index in [1.807, 2.05) is 12.1 Å². The van der Waals surface area contributed by atoms with E-state index in [9.17, 15) is 0 Å². The number of hydrogen-bond donors (Lipinski definition) is 1. The third-order valence-corrected chi connectivity index (χ3v) is 3.42. The SMILES string of the molecule is NCC1CCCOC1c1cccc(Br)c1. The second-order valence-electron chi connectivity index (χ2n) is 3.98. The van der Waals surface area contributed by atoms with E-state index in [0.717, 1.165) is 17.5 Å². The largest absolute Gasteiger partial charge is 0.373 e. The summed E-state index contributed by atoms with van der Waals surface area (Å²) in [7, 11) is 0. The lowest BCUT2D eigenvalue weighted by Crippen LogP contribution is -2.28. The molecule has 2 rings (SSSR count). The maximum atomic E-state index is 5.82. The van der Waals surface area contributed by atoms with Gasteiger partial charge in [-0.15, -0.1) is 0 Å². The molecular formula is C12H16BrNO. The van der Waals surface area contributed by atoms with Gasteiger partial charge in [0.25, 0.3) is 0 Å². The minimum Gasteiger partial charge on any atom is -0.373 e. The summed E-state index contributed by atoms with van der Waals surface area (Å²) in [5.74, 6) is 0.466. The standard InChI is InChI=1S/C12H16BrNO/c13-11-5-1-3-9(7-11)12-10(8-14)4-2-6-15-12/h1,3,5,7,10,12H,2,4,6,8,14H2. The second kappa shape index (κ2) is 5.10. The molecule has 82 valence electrons. The maximum absolute atomic E-state index is 5.82. The molecule has 0 aromatic heterocycles. The normalized spacial score (nSPS) is 26.5. The average molecular weight is 270 g/mol. The quantitative estimate of drug-likeness (QED) is 0.896. The summed E-state index contributed by atoms with van der Waals surface area (Å²) in [5.41, 5.74) is 7.01. The Morgan fingerprint density at radius 2 is 2.33 bits per heavy atom. The van der Waals surface area contributed by atoms with Crippen LogP contribution in [0.4, 0.5) is 0 Å². The molecule has 15 heavy (non-hydrogen) atoms. The Bertz CT molecular complexity index is 329. The van der Waals surface area contributed by atoms with Gasteiger partial charge in [-0.1, -0.05) is 28.1 Å². The first-order valence-electron chi connectivity index (χ1n) is 5.38. The predicted octanol–water partition coefficient (Wildman–Crippen LogP) is 2.88. The van der Waals surface area contributed by atoms with Crippen LogP contribution in [0.1, 0.15) is 24.5 Å². The molecule has 2 atom stereocenters. The van der Waals surface area contributed by atoms with Gasteiger partial charge in [0.05, 0.1) is 6.10 Å². The summed E-state index contributed by atoms with van der Waals surface area (Å²) in [6.45, 7) is 1.56. The van der Waals surface area contributed by atoms with Crippen molar-refractivity contribution in [2.24, 2.45) is 11.7 Å². The molecule has 1 aliphatic heterocycles. The van der Waals surface area contributed by atoms with Crippen LogP contribution in [0.25, 0.3) is 0 Å². The first-order chi connectivity index (χ1) is 7.31. The number of benzene rings is 1. The van der Waals surface area contributed by atoms with Gasteiger partial charge in [-0.2, -0.15) is 0 Å². The monoisotopic (exact) mass is 269 g/mol.